The molecule has 0 atom stereocenters. The molecule has 5 rings (SSSR count). The van der Waals surface area contributed by atoms with Crippen molar-refractivity contribution in [3.05, 3.63) is 90.9 Å². The van der Waals surface area contributed by atoms with E-state index in [0.29, 0.717) is 40.2 Å². The molecule has 0 unspecified atom stereocenters. The fourth-order valence-corrected chi connectivity index (χ4v) is 5.86. The number of anilines is 4. The Balaban J connectivity index is 1.38. The smallest absolute Gasteiger partial charge is 0.323 e. The van der Waals surface area contributed by atoms with Crippen molar-refractivity contribution < 1.29 is 19.0 Å². The molecule has 0 aliphatic rings. The van der Waals surface area contributed by atoms with Gasteiger partial charge in [0.15, 0.2) is 0 Å². The molecule has 0 bridgehead atoms. The van der Waals surface area contributed by atoms with Crippen LogP contribution in [0.4, 0.5) is 27.7 Å². The van der Waals surface area contributed by atoms with Crippen LogP contribution in [0.1, 0.15) is 26.3 Å². The number of fused-ring (bicyclic) bond motifs is 1. The van der Waals surface area contributed by atoms with Crippen molar-refractivity contribution in [1.82, 2.24) is 9.97 Å². The van der Waals surface area contributed by atoms with E-state index >= 15 is 0 Å². The molecule has 232 valence electrons. The Hall–Kier alpha value is -4.88. The average Bonchev–Trinajstić information content (AvgIpc) is 3.01. The van der Waals surface area contributed by atoms with Gasteiger partial charge in [0.25, 0.3) is 0 Å². The van der Waals surface area contributed by atoms with Crippen molar-refractivity contribution >= 4 is 52.9 Å². The van der Waals surface area contributed by atoms with Crippen LogP contribution in [0.2, 0.25) is 0 Å². The number of hydrogen-bond donors (Lipinski definition) is 3. The first-order chi connectivity index (χ1) is 21.5. The van der Waals surface area contributed by atoms with Crippen molar-refractivity contribution in [1.29, 1.82) is 0 Å². The fourth-order valence-electron chi connectivity index (χ4n) is 4.85. The number of hydrogen-bond acceptors (Lipinski definition) is 7. The largest absolute Gasteiger partial charge is 0.495 e. The number of aromatic nitrogens is 2. The van der Waals surface area contributed by atoms with Crippen LogP contribution in [0.15, 0.2) is 85.3 Å². The van der Waals surface area contributed by atoms with Gasteiger partial charge in [0.2, 0.25) is 0 Å². The Morgan fingerprint density at radius 1 is 0.822 bits per heavy atom. The van der Waals surface area contributed by atoms with E-state index in [-0.39, 0.29) is 11.4 Å². The van der Waals surface area contributed by atoms with Crippen molar-refractivity contribution in [3.63, 3.8) is 0 Å². The first kappa shape index (κ1) is 31.5. The standard InChI is InChI=1S/C35H38N5O4P/c1-35(2,3)22-16-29(33(43-5)31(17-22)45(6)7)40-34(41)39-28-12-13-30(27-11-9-8-10-26(27)28)44-24-14-15-37-32(19-24)38-23-18-25(42-4)21-36-20-23/h8-21H,1-7H3,(H,37,38)(H2,39,40,41). The van der Waals surface area contributed by atoms with E-state index in [4.69, 9.17) is 14.2 Å². The average molecular weight is 624 g/mol. The van der Waals surface area contributed by atoms with Crippen molar-refractivity contribution in [3.8, 4) is 23.0 Å². The molecule has 3 aromatic carbocycles. The zero-order chi connectivity index (χ0) is 32.1. The first-order valence-corrected chi connectivity index (χ1v) is 16.7. The Morgan fingerprint density at radius 3 is 2.29 bits per heavy atom. The van der Waals surface area contributed by atoms with E-state index in [2.05, 4.69) is 66.1 Å². The highest BCUT2D eigenvalue weighted by atomic mass is 31.1. The molecule has 0 radical (unpaired) electrons. The van der Waals surface area contributed by atoms with Crippen LogP contribution in [0.3, 0.4) is 0 Å². The minimum atomic E-state index is -0.467. The molecular formula is C35H38N5O4P. The number of urea groups is 1. The van der Waals surface area contributed by atoms with Gasteiger partial charge in [-0.15, -0.1) is 0 Å². The topological polar surface area (TPSA) is 107 Å². The SMILES string of the molecule is COc1cncc(Nc2cc(Oc3ccc(NC(=O)Nc4cc(C(C)(C)C)cc(P(C)C)c4OC)c4ccccc34)ccn2)c1. The summed E-state index contributed by atoms with van der Waals surface area (Å²) in [6.45, 7) is 10.8. The summed E-state index contributed by atoms with van der Waals surface area (Å²) >= 11 is 0. The van der Waals surface area contributed by atoms with Gasteiger partial charge in [-0.1, -0.05) is 53.0 Å². The van der Waals surface area contributed by atoms with Gasteiger partial charge in [-0.2, -0.15) is 0 Å². The van der Waals surface area contributed by atoms with Gasteiger partial charge >= 0.3 is 6.03 Å². The monoisotopic (exact) mass is 623 g/mol. The second kappa shape index (κ2) is 13.4. The lowest BCUT2D eigenvalue weighted by atomic mass is 9.86. The second-order valence-electron chi connectivity index (χ2n) is 11.7. The number of nitrogens with zero attached hydrogens (tertiary/aromatic N) is 2. The number of carbonyl (C=O) groups excluding carboxylic acids is 1. The molecule has 0 spiro atoms. The van der Waals surface area contributed by atoms with Crippen LogP contribution >= 0.6 is 7.92 Å². The fraction of sp³-hybridized carbons (Fsp3) is 0.229. The number of amides is 2. The maximum atomic E-state index is 13.4. The quantitative estimate of drug-likeness (QED) is 0.141. The predicted octanol–water partition coefficient (Wildman–Crippen LogP) is 8.49. The first-order valence-electron chi connectivity index (χ1n) is 14.5. The zero-order valence-electron chi connectivity index (χ0n) is 26.6. The molecule has 0 saturated carbocycles. The Morgan fingerprint density at radius 2 is 1.58 bits per heavy atom. The maximum Gasteiger partial charge on any atom is 0.323 e. The lowest BCUT2D eigenvalue weighted by Gasteiger charge is -2.25. The highest BCUT2D eigenvalue weighted by Crippen LogP contribution is 2.39. The highest BCUT2D eigenvalue weighted by molar-refractivity contribution is 7.64. The lowest BCUT2D eigenvalue weighted by Crippen LogP contribution is -2.23. The molecule has 0 aliphatic heterocycles. The molecule has 3 N–H and O–H groups in total. The van der Waals surface area contributed by atoms with E-state index in [0.717, 1.165) is 27.3 Å². The van der Waals surface area contributed by atoms with E-state index in [1.807, 2.05) is 48.5 Å². The number of carbonyl (C=O) groups is 1. The van der Waals surface area contributed by atoms with E-state index in [1.165, 1.54) is 0 Å². The molecule has 0 saturated heterocycles. The predicted molar refractivity (Wildman–Crippen MR) is 185 cm³/mol. The molecule has 0 fully saturated rings. The summed E-state index contributed by atoms with van der Waals surface area (Å²) in [6.07, 6.45) is 4.99. The van der Waals surface area contributed by atoms with Gasteiger partial charge in [-0.25, -0.2) is 9.78 Å². The third-order valence-electron chi connectivity index (χ3n) is 7.18. The van der Waals surface area contributed by atoms with Crippen molar-refractivity contribution in [2.24, 2.45) is 0 Å². The zero-order valence-corrected chi connectivity index (χ0v) is 27.5. The number of pyridine rings is 2. The molecular weight excluding hydrogens is 585 g/mol. The summed E-state index contributed by atoms with van der Waals surface area (Å²) in [5.74, 6) is 3.16. The number of nitrogens with one attached hydrogen (secondary N) is 3. The number of rotatable bonds is 9. The van der Waals surface area contributed by atoms with Crippen molar-refractivity contribution in [2.45, 2.75) is 26.2 Å². The van der Waals surface area contributed by atoms with E-state index in [9.17, 15) is 4.79 Å². The summed E-state index contributed by atoms with van der Waals surface area (Å²) in [4.78, 5) is 22.0. The maximum absolute atomic E-state index is 13.4. The number of benzene rings is 3. The Kier molecular flexibility index (Phi) is 9.40. The summed E-state index contributed by atoms with van der Waals surface area (Å²) in [5, 5.41) is 12.1. The van der Waals surface area contributed by atoms with Gasteiger partial charge in [0, 0.05) is 34.4 Å². The van der Waals surface area contributed by atoms with Crippen LogP contribution in [0.5, 0.6) is 23.0 Å². The van der Waals surface area contributed by atoms with Crippen LogP contribution < -0.4 is 35.5 Å². The van der Waals surface area contributed by atoms with Gasteiger partial charge < -0.3 is 30.2 Å². The molecule has 2 heterocycles. The lowest BCUT2D eigenvalue weighted by molar-refractivity contribution is 0.262. The highest BCUT2D eigenvalue weighted by Gasteiger charge is 2.22. The normalized spacial score (nSPS) is 11.3. The molecule has 45 heavy (non-hydrogen) atoms. The molecule has 5 aromatic rings. The number of methoxy groups -OCH3 is 2. The molecule has 2 aromatic heterocycles. The van der Waals surface area contributed by atoms with Crippen LogP contribution in [0.25, 0.3) is 10.8 Å². The van der Waals surface area contributed by atoms with E-state index in [1.54, 1.807) is 44.9 Å². The third kappa shape index (κ3) is 7.44. The second-order valence-corrected chi connectivity index (χ2v) is 13.9. The molecule has 2 amide bonds. The van der Waals surface area contributed by atoms with Crippen LogP contribution in [-0.2, 0) is 5.41 Å². The Labute approximate surface area is 265 Å². The summed E-state index contributed by atoms with van der Waals surface area (Å²) in [7, 11) is 2.77. The van der Waals surface area contributed by atoms with E-state index < -0.39 is 7.92 Å². The van der Waals surface area contributed by atoms with Crippen molar-refractivity contribution in [2.75, 3.05) is 43.5 Å². The van der Waals surface area contributed by atoms with Gasteiger partial charge in [-0.05, 0) is 54.6 Å². The summed E-state index contributed by atoms with van der Waals surface area (Å²) < 4.78 is 17.4. The molecule has 0 aliphatic carbocycles. The van der Waals surface area contributed by atoms with Crippen LogP contribution in [0, 0.1) is 0 Å². The summed E-state index contributed by atoms with van der Waals surface area (Å²) in [5.41, 5.74) is 3.07. The molecule has 10 heteroatoms. The Bertz CT molecular complexity index is 1840. The van der Waals surface area contributed by atoms with Crippen LogP contribution in [-0.4, -0.2) is 43.5 Å². The van der Waals surface area contributed by atoms with Gasteiger partial charge in [0.05, 0.1) is 43.7 Å². The molecule has 9 nitrogen and oxygen atoms in total. The third-order valence-corrected chi connectivity index (χ3v) is 8.48. The van der Waals surface area contributed by atoms with Gasteiger partial charge in [-0.3, -0.25) is 4.98 Å². The van der Waals surface area contributed by atoms with Gasteiger partial charge in [0.1, 0.15) is 28.8 Å². The minimum Gasteiger partial charge on any atom is -0.495 e. The minimum absolute atomic E-state index is 0.0940. The summed E-state index contributed by atoms with van der Waals surface area (Å²) in [6, 6.07) is 20.7. The number of ether oxygens (including phenoxy) is 3.